The third kappa shape index (κ3) is 2.72. The first kappa shape index (κ1) is 16.2. The van der Waals surface area contributed by atoms with Crippen molar-refractivity contribution < 1.29 is 13.9 Å². The van der Waals surface area contributed by atoms with Gasteiger partial charge in [-0.3, -0.25) is 4.79 Å². The van der Waals surface area contributed by atoms with Crippen molar-refractivity contribution in [2.45, 2.75) is 45.6 Å². The average Bonchev–Trinajstić information content (AvgIpc) is 2.94. The highest BCUT2D eigenvalue weighted by molar-refractivity contribution is 5.92. The van der Waals surface area contributed by atoms with E-state index in [0.717, 1.165) is 30.8 Å². The van der Waals surface area contributed by atoms with E-state index in [1.165, 1.54) is 5.56 Å². The number of rotatable bonds is 1. The van der Waals surface area contributed by atoms with Gasteiger partial charge in [-0.15, -0.1) is 0 Å². The number of aromatic nitrogens is 3. The van der Waals surface area contributed by atoms with E-state index in [-0.39, 0.29) is 5.91 Å². The zero-order valence-corrected chi connectivity index (χ0v) is 14.8. The molecule has 0 saturated carbocycles. The van der Waals surface area contributed by atoms with Crippen LogP contribution in [-0.4, -0.2) is 45.5 Å². The molecule has 1 spiro atoms. The van der Waals surface area contributed by atoms with Gasteiger partial charge in [0, 0.05) is 26.2 Å². The van der Waals surface area contributed by atoms with Gasteiger partial charge in [0.2, 0.25) is 5.76 Å². The van der Waals surface area contributed by atoms with E-state index < -0.39 is 5.60 Å². The molecule has 0 unspecified atom stereocenters. The Morgan fingerprint density at radius 2 is 1.96 bits per heavy atom. The molecule has 0 bridgehead atoms. The SMILES string of the molecule is Cc1ncc2c(n1)C1(CCN(C(=O)c3oc(C)nc3C)CC1)OCC2. The lowest BCUT2D eigenvalue weighted by Crippen LogP contribution is -2.49. The zero-order valence-electron chi connectivity index (χ0n) is 14.8. The van der Waals surface area contributed by atoms with Crippen LogP contribution in [0.2, 0.25) is 0 Å². The van der Waals surface area contributed by atoms with Crippen LogP contribution < -0.4 is 0 Å². The summed E-state index contributed by atoms with van der Waals surface area (Å²) < 4.78 is 11.7. The molecule has 25 heavy (non-hydrogen) atoms. The van der Waals surface area contributed by atoms with E-state index in [1.54, 1.807) is 13.8 Å². The number of carbonyl (C=O) groups is 1. The minimum absolute atomic E-state index is 0.0946. The fraction of sp³-hybridized carbons (Fsp3) is 0.556. The van der Waals surface area contributed by atoms with Crippen molar-refractivity contribution in [1.82, 2.24) is 19.9 Å². The first-order valence-electron chi connectivity index (χ1n) is 8.69. The highest BCUT2D eigenvalue weighted by Gasteiger charge is 2.43. The summed E-state index contributed by atoms with van der Waals surface area (Å²) in [6.45, 7) is 7.35. The maximum atomic E-state index is 12.7. The summed E-state index contributed by atoms with van der Waals surface area (Å²) in [5.74, 6) is 1.53. The second-order valence-electron chi connectivity index (χ2n) is 6.82. The summed E-state index contributed by atoms with van der Waals surface area (Å²) in [5.41, 5.74) is 2.42. The van der Waals surface area contributed by atoms with E-state index >= 15 is 0 Å². The summed E-state index contributed by atoms with van der Waals surface area (Å²) >= 11 is 0. The Balaban J connectivity index is 1.55. The van der Waals surface area contributed by atoms with Crippen molar-refractivity contribution in [3.63, 3.8) is 0 Å². The van der Waals surface area contributed by atoms with Gasteiger partial charge in [-0.1, -0.05) is 0 Å². The first-order valence-corrected chi connectivity index (χ1v) is 8.69. The van der Waals surface area contributed by atoms with Crippen LogP contribution >= 0.6 is 0 Å². The number of nitrogens with zero attached hydrogens (tertiary/aromatic N) is 4. The van der Waals surface area contributed by atoms with E-state index in [2.05, 4.69) is 15.0 Å². The normalized spacial score (nSPS) is 19.1. The zero-order chi connectivity index (χ0) is 17.6. The maximum absolute atomic E-state index is 12.7. The first-order chi connectivity index (χ1) is 12.0. The number of hydrogen-bond donors (Lipinski definition) is 0. The summed E-state index contributed by atoms with van der Waals surface area (Å²) in [7, 11) is 0. The Morgan fingerprint density at radius 1 is 1.20 bits per heavy atom. The lowest BCUT2D eigenvalue weighted by atomic mass is 9.83. The summed E-state index contributed by atoms with van der Waals surface area (Å²) in [6, 6.07) is 0. The second kappa shape index (κ2) is 5.91. The minimum Gasteiger partial charge on any atom is -0.436 e. The molecule has 2 aromatic rings. The predicted octanol–water partition coefficient (Wildman–Crippen LogP) is 2.09. The number of carbonyl (C=O) groups excluding carboxylic acids is 1. The number of fused-ring (bicyclic) bond motifs is 2. The molecule has 2 aliphatic heterocycles. The van der Waals surface area contributed by atoms with Gasteiger partial charge in [-0.05, 0) is 38.7 Å². The Labute approximate surface area is 146 Å². The molecule has 1 fully saturated rings. The van der Waals surface area contributed by atoms with Gasteiger partial charge in [0.15, 0.2) is 5.89 Å². The van der Waals surface area contributed by atoms with Crippen LogP contribution in [-0.2, 0) is 16.8 Å². The van der Waals surface area contributed by atoms with Crippen LogP contribution in [0.15, 0.2) is 10.6 Å². The van der Waals surface area contributed by atoms with Gasteiger partial charge < -0.3 is 14.1 Å². The molecule has 1 amide bonds. The summed E-state index contributed by atoms with van der Waals surface area (Å²) in [4.78, 5) is 27.7. The number of hydrogen-bond acceptors (Lipinski definition) is 6. The molecular weight excluding hydrogens is 320 g/mol. The second-order valence-corrected chi connectivity index (χ2v) is 6.82. The Hall–Kier alpha value is -2.28. The molecule has 7 nitrogen and oxygen atoms in total. The fourth-order valence-electron chi connectivity index (χ4n) is 3.82. The Bertz CT molecular complexity index is 822. The average molecular weight is 342 g/mol. The van der Waals surface area contributed by atoms with Gasteiger partial charge in [0.1, 0.15) is 11.4 Å². The number of ether oxygens (including phenoxy) is 1. The van der Waals surface area contributed by atoms with Crippen LogP contribution in [0.25, 0.3) is 0 Å². The van der Waals surface area contributed by atoms with E-state index in [0.29, 0.717) is 37.0 Å². The quantitative estimate of drug-likeness (QED) is 0.789. The van der Waals surface area contributed by atoms with E-state index in [4.69, 9.17) is 9.15 Å². The van der Waals surface area contributed by atoms with Crippen molar-refractivity contribution in [1.29, 1.82) is 0 Å². The lowest BCUT2D eigenvalue weighted by Gasteiger charge is -2.43. The fourth-order valence-corrected chi connectivity index (χ4v) is 3.82. The van der Waals surface area contributed by atoms with Crippen molar-refractivity contribution in [2.24, 2.45) is 0 Å². The van der Waals surface area contributed by atoms with Crippen molar-refractivity contribution in [3.8, 4) is 0 Å². The third-order valence-corrected chi connectivity index (χ3v) is 5.12. The molecule has 7 heteroatoms. The molecule has 2 aliphatic rings. The number of piperidine rings is 1. The van der Waals surface area contributed by atoms with Gasteiger partial charge in [-0.2, -0.15) is 0 Å². The van der Waals surface area contributed by atoms with E-state index in [9.17, 15) is 4.79 Å². The van der Waals surface area contributed by atoms with Crippen molar-refractivity contribution >= 4 is 5.91 Å². The van der Waals surface area contributed by atoms with Gasteiger partial charge in [0.25, 0.3) is 5.91 Å². The molecule has 0 aliphatic carbocycles. The topological polar surface area (TPSA) is 81.4 Å². The molecule has 4 heterocycles. The number of amides is 1. The summed E-state index contributed by atoms with van der Waals surface area (Å²) in [6.07, 6.45) is 4.22. The number of aryl methyl sites for hydroxylation is 3. The standard InChI is InChI=1S/C18H22N4O3/c1-11-15(25-13(3)20-11)17(23)22-7-5-18(6-8-22)16-14(4-9-24-18)10-19-12(2)21-16/h10H,4-9H2,1-3H3. The number of likely N-dealkylation sites (tertiary alicyclic amines) is 1. The minimum atomic E-state index is -0.398. The highest BCUT2D eigenvalue weighted by atomic mass is 16.5. The largest absolute Gasteiger partial charge is 0.436 e. The number of oxazole rings is 1. The molecule has 4 rings (SSSR count). The summed E-state index contributed by atoms with van der Waals surface area (Å²) in [5, 5.41) is 0. The Kier molecular flexibility index (Phi) is 3.83. The van der Waals surface area contributed by atoms with Crippen LogP contribution in [0.3, 0.4) is 0 Å². The van der Waals surface area contributed by atoms with Gasteiger partial charge >= 0.3 is 0 Å². The molecule has 0 atom stereocenters. The van der Waals surface area contributed by atoms with Crippen molar-refractivity contribution in [3.05, 3.63) is 40.6 Å². The molecular formula is C18H22N4O3. The van der Waals surface area contributed by atoms with Crippen LogP contribution in [0.5, 0.6) is 0 Å². The van der Waals surface area contributed by atoms with Crippen LogP contribution in [0.1, 0.15) is 52.1 Å². The highest BCUT2D eigenvalue weighted by Crippen LogP contribution is 2.40. The van der Waals surface area contributed by atoms with E-state index in [1.807, 2.05) is 18.0 Å². The molecule has 2 aromatic heterocycles. The van der Waals surface area contributed by atoms with Crippen LogP contribution in [0.4, 0.5) is 0 Å². The predicted molar refractivity (Wildman–Crippen MR) is 89.2 cm³/mol. The van der Waals surface area contributed by atoms with Gasteiger partial charge in [-0.25, -0.2) is 15.0 Å². The molecule has 0 radical (unpaired) electrons. The molecule has 132 valence electrons. The molecule has 1 saturated heterocycles. The van der Waals surface area contributed by atoms with Gasteiger partial charge in [0.05, 0.1) is 18.0 Å². The molecule has 0 N–H and O–H groups in total. The van der Waals surface area contributed by atoms with Crippen LogP contribution in [0, 0.1) is 20.8 Å². The lowest BCUT2D eigenvalue weighted by molar-refractivity contribution is -0.0970. The van der Waals surface area contributed by atoms with Crippen molar-refractivity contribution in [2.75, 3.05) is 19.7 Å². The Morgan fingerprint density at radius 3 is 2.64 bits per heavy atom. The monoisotopic (exact) mass is 342 g/mol. The maximum Gasteiger partial charge on any atom is 0.291 e. The smallest absolute Gasteiger partial charge is 0.291 e. The third-order valence-electron chi connectivity index (χ3n) is 5.12. The molecule has 0 aromatic carbocycles.